The predicted octanol–water partition coefficient (Wildman–Crippen LogP) is 4.53. The molecule has 3 aromatic carbocycles. The minimum absolute atomic E-state index is 0.0917. The Morgan fingerprint density at radius 1 is 0.594 bits per heavy atom. The summed E-state index contributed by atoms with van der Waals surface area (Å²) >= 11 is 0. The fourth-order valence-electron chi connectivity index (χ4n) is 4.52. The highest BCUT2D eigenvalue weighted by molar-refractivity contribution is 5.83. The first-order valence-electron chi connectivity index (χ1n) is 11.4. The number of carbonyl (C=O) groups excluding carboxylic acids is 2. The summed E-state index contributed by atoms with van der Waals surface area (Å²) in [6.45, 7) is 1.06. The van der Waals surface area contributed by atoms with Crippen LogP contribution < -0.4 is 10.6 Å². The van der Waals surface area contributed by atoms with Crippen LogP contribution in [0.1, 0.15) is 46.9 Å². The topological polar surface area (TPSA) is 58.2 Å². The van der Waals surface area contributed by atoms with Gasteiger partial charge in [-0.25, -0.2) is 0 Å². The highest BCUT2D eigenvalue weighted by Gasteiger charge is 2.44. The van der Waals surface area contributed by atoms with Crippen LogP contribution in [0.15, 0.2) is 84.9 Å². The molecule has 0 saturated heterocycles. The third-order valence-corrected chi connectivity index (χ3v) is 6.67. The number of nitrogens with one attached hydrogen (secondary N) is 2. The SMILES string of the molecule is O=C(NCc1ccc(CNC(=O)[C@@H]2C[C@H]2c2ccccc2)cc1)[C@@H]1C[C@@H]1c1ccccc1. The molecule has 0 spiro atoms. The Morgan fingerprint density at radius 2 is 0.969 bits per heavy atom. The summed E-state index contributed by atoms with van der Waals surface area (Å²) < 4.78 is 0. The van der Waals surface area contributed by atoms with E-state index in [9.17, 15) is 9.59 Å². The summed E-state index contributed by atoms with van der Waals surface area (Å²) in [6, 6.07) is 28.6. The average Bonchev–Trinajstić information content (AvgIpc) is 3.76. The van der Waals surface area contributed by atoms with Crippen LogP contribution in [0.4, 0.5) is 0 Å². The maximum Gasteiger partial charge on any atom is 0.224 e. The molecule has 2 fully saturated rings. The van der Waals surface area contributed by atoms with Crippen molar-refractivity contribution in [1.82, 2.24) is 10.6 Å². The highest BCUT2D eigenvalue weighted by Crippen LogP contribution is 2.48. The van der Waals surface area contributed by atoms with Crippen molar-refractivity contribution in [2.24, 2.45) is 11.8 Å². The molecular formula is C28H28N2O2. The van der Waals surface area contributed by atoms with Crippen molar-refractivity contribution in [2.75, 3.05) is 0 Å². The van der Waals surface area contributed by atoms with Gasteiger partial charge in [-0.1, -0.05) is 84.9 Å². The van der Waals surface area contributed by atoms with Crippen molar-refractivity contribution in [3.05, 3.63) is 107 Å². The van der Waals surface area contributed by atoms with Crippen LogP contribution >= 0.6 is 0 Å². The van der Waals surface area contributed by atoms with Gasteiger partial charge in [-0.15, -0.1) is 0 Å². The van der Waals surface area contributed by atoms with E-state index in [1.165, 1.54) is 11.1 Å². The Balaban J connectivity index is 1.05. The summed E-state index contributed by atoms with van der Waals surface area (Å²) in [6.07, 6.45) is 1.86. The van der Waals surface area contributed by atoms with E-state index in [-0.39, 0.29) is 23.7 Å². The van der Waals surface area contributed by atoms with Crippen molar-refractivity contribution in [3.63, 3.8) is 0 Å². The third kappa shape index (κ3) is 4.75. The maximum atomic E-state index is 12.4. The van der Waals surface area contributed by atoms with E-state index in [2.05, 4.69) is 34.9 Å². The average molecular weight is 425 g/mol. The van der Waals surface area contributed by atoms with E-state index in [0.29, 0.717) is 24.9 Å². The zero-order valence-electron chi connectivity index (χ0n) is 18.0. The molecule has 4 heteroatoms. The Hall–Kier alpha value is -3.40. The molecule has 4 nitrogen and oxygen atoms in total. The van der Waals surface area contributed by atoms with Gasteiger partial charge in [-0.05, 0) is 46.9 Å². The summed E-state index contributed by atoms with van der Waals surface area (Å²) in [5, 5.41) is 6.13. The standard InChI is InChI=1S/C28H28N2O2/c31-27(25-15-23(25)21-7-3-1-4-8-21)29-17-19-11-13-20(14-12-19)18-30-28(32)26-16-24(26)22-9-5-2-6-10-22/h1-14,23-26H,15-18H2,(H,29,31)(H,30,32)/t23-,24+,25-,26-/m1/s1. The van der Waals surface area contributed by atoms with Gasteiger partial charge in [0, 0.05) is 24.9 Å². The number of rotatable bonds is 8. The van der Waals surface area contributed by atoms with Crippen LogP contribution in [-0.4, -0.2) is 11.8 Å². The lowest BCUT2D eigenvalue weighted by molar-refractivity contribution is -0.123. The van der Waals surface area contributed by atoms with Gasteiger partial charge in [-0.3, -0.25) is 9.59 Å². The van der Waals surface area contributed by atoms with Crippen LogP contribution in [0.2, 0.25) is 0 Å². The predicted molar refractivity (Wildman–Crippen MR) is 125 cm³/mol. The minimum atomic E-state index is 0.0917. The second kappa shape index (κ2) is 8.99. The second-order valence-electron chi connectivity index (χ2n) is 8.97. The normalized spacial score (nSPS) is 23.2. The van der Waals surface area contributed by atoms with Crippen molar-refractivity contribution in [1.29, 1.82) is 0 Å². The van der Waals surface area contributed by atoms with Gasteiger partial charge in [0.1, 0.15) is 0 Å². The summed E-state index contributed by atoms with van der Waals surface area (Å²) in [7, 11) is 0. The van der Waals surface area contributed by atoms with E-state index in [4.69, 9.17) is 0 Å². The highest BCUT2D eigenvalue weighted by atomic mass is 16.2. The van der Waals surface area contributed by atoms with E-state index in [1.54, 1.807) is 0 Å². The number of hydrogen-bond acceptors (Lipinski definition) is 2. The third-order valence-electron chi connectivity index (χ3n) is 6.67. The van der Waals surface area contributed by atoms with Gasteiger partial charge in [0.2, 0.25) is 11.8 Å². The van der Waals surface area contributed by atoms with E-state index in [1.807, 2.05) is 60.7 Å². The lowest BCUT2D eigenvalue weighted by atomic mass is 10.1. The maximum absolute atomic E-state index is 12.4. The van der Waals surface area contributed by atoms with Gasteiger partial charge >= 0.3 is 0 Å². The molecule has 32 heavy (non-hydrogen) atoms. The van der Waals surface area contributed by atoms with Crippen molar-refractivity contribution in [3.8, 4) is 0 Å². The first-order chi connectivity index (χ1) is 15.7. The van der Waals surface area contributed by atoms with Crippen molar-refractivity contribution in [2.45, 2.75) is 37.8 Å². The van der Waals surface area contributed by atoms with Crippen LogP contribution in [0, 0.1) is 11.8 Å². The Kier molecular flexibility index (Phi) is 5.76. The summed E-state index contributed by atoms with van der Waals surface area (Å²) in [4.78, 5) is 24.9. The Bertz CT molecular complexity index is 991. The molecule has 3 aromatic rings. The van der Waals surface area contributed by atoms with Crippen LogP contribution in [0.5, 0.6) is 0 Å². The molecule has 2 saturated carbocycles. The van der Waals surface area contributed by atoms with E-state index < -0.39 is 0 Å². The molecule has 2 aliphatic rings. The molecule has 0 radical (unpaired) electrons. The number of benzene rings is 3. The van der Waals surface area contributed by atoms with Gasteiger partial charge in [0.15, 0.2) is 0 Å². The largest absolute Gasteiger partial charge is 0.352 e. The lowest BCUT2D eigenvalue weighted by Gasteiger charge is -2.08. The number of amides is 2. The molecule has 2 aliphatic carbocycles. The lowest BCUT2D eigenvalue weighted by Crippen LogP contribution is -2.25. The molecule has 2 amide bonds. The van der Waals surface area contributed by atoms with Gasteiger partial charge in [-0.2, -0.15) is 0 Å². The zero-order valence-corrected chi connectivity index (χ0v) is 18.0. The molecule has 0 aromatic heterocycles. The smallest absolute Gasteiger partial charge is 0.224 e. The van der Waals surface area contributed by atoms with Crippen molar-refractivity contribution < 1.29 is 9.59 Å². The molecule has 0 bridgehead atoms. The monoisotopic (exact) mass is 424 g/mol. The van der Waals surface area contributed by atoms with Crippen LogP contribution in [-0.2, 0) is 22.7 Å². The minimum Gasteiger partial charge on any atom is -0.352 e. The second-order valence-corrected chi connectivity index (χ2v) is 8.97. The molecule has 0 aliphatic heterocycles. The molecule has 0 unspecified atom stereocenters. The summed E-state index contributed by atoms with van der Waals surface area (Å²) in [5.41, 5.74) is 4.63. The van der Waals surface area contributed by atoms with Crippen LogP contribution in [0.3, 0.4) is 0 Å². The molecule has 2 N–H and O–H groups in total. The first kappa shape index (κ1) is 20.5. The summed E-state index contributed by atoms with van der Waals surface area (Å²) in [5.74, 6) is 1.16. The fourth-order valence-corrected chi connectivity index (χ4v) is 4.52. The van der Waals surface area contributed by atoms with Gasteiger partial charge < -0.3 is 10.6 Å². The Labute approximate surface area is 189 Å². The molecule has 0 heterocycles. The van der Waals surface area contributed by atoms with Crippen LogP contribution in [0.25, 0.3) is 0 Å². The molecular weight excluding hydrogens is 396 g/mol. The zero-order chi connectivity index (χ0) is 21.9. The van der Waals surface area contributed by atoms with Gasteiger partial charge in [0.05, 0.1) is 0 Å². The van der Waals surface area contributed by atoms with E-state index in [0.717, 1.165) is 24.0 Å². The quantitative estimate of drug-likeness (QED) is 0.558. The van der Waals surface area contributed by atoms with Crippen molar-refractivity contribution >= 4 is 11.8 Å². The molecule has 4 atom stereocenters. The first-order valence-corrected chi connectivity index (χ1v) is 11.4. The van der Waals surface area contributed by atoms with E-state index >= 15 is 0 Å². The number of carbonyl (C=O) groups is 2. The Morgan fingerprint density at radius 3 is 1.34 bits per heavy atom. The molecule has 162 valence electrons. The number of hydrogen-bond donors (Lipinski definition) is 2. The fraction of sp³-hybridized carbons (Fsp3) is 0.286. The molecule has 5 rings (SSSR count). The van der Waals surface area contributed by atoms with Gasteiger partial charge in [0.25, 0.3) is 0 Å².